The van der Waals surface area contributed by atoms with Gasteiger partial charge >= 0.3 is 0 Å². The van der Waals surface area contributed by atoms with E-state index in [4.69, 9.17) is 10.5 Å². The number of carbonyl (C=O) groups is 1. The average Bonchev–Trinajstić information content (AvgIpc) is 2.48. The zero-order valence-electron chi connectivity index (χ0n) is 12.1. The normalized spacial score (nSPS) is 11.7. The van der Waals surface area contributed by atoms with Crippen LogP contribution in [-0.4, -0.2) is 12.5 Å². The van der Waals surface area contributed by atoms with E-state index in [1.807, 2.05) is 61.5 Å². The third kappa shape index (κ3) is 4.84. The molecule has 4 nitrogen and oxygen atoms in total. The first-order valence-electron chi connectivity index (χ1n) is 6.98. The number of amides is 1. The van der Waals surface area contributed by atoms with Crippen molar-refractivity contribution in [2.24, 2.45) is 0 Å². The van der Waals surface area contributed by atoms with Gasteiger partial charge in [-0.05, 0) is 36.8 Å². The van der Waals surface area contributed by atoms with Gasteiger partial charge in [-0.3, -0.25) is 4.79 Å². The lowest BCUT2D eigenvalue weighted by molar-refractivity contribution is -0.122. The zero-order chi connectivity index (χ0) is 15.1. The van der Waals surface area contributed by atoms with Gasteiger partial charge in [-0.1, -0.05) is 30.3 Å². The Kier molecular flexibility index (Phi) is 5.21. The topological polar surface area (TPSA) is 64.3 Å². The number of hydrogen-bond acceptors (Lipinski definition) is 3. The molecule has 2 aromatic carbocycles. The van der Waals surface area contributed by atoms with Crippen LogP contribution < -0.4 is 15.8 Å². The van der Waals surface area contributed by atoms with E-state index < -0.39 is 0 Å². The summed E-state index contributed by atoms with van der Waals surface area (Å²) in [5.74, 6) is 0.732. The highest BCUT2D eigenvalue weighted by Gasteiger charge is 2.09. The molecule has 0 aliphatic heterocycles. The van der Waals surface area contributed by atoms with Crippen molar-refractivity contribution in [3.63, 3.8) is 0 Å². The Balaban J connectivity index is 1.76. The van der Waals surface area contributed by atoms with Crippen LogP contribution in [0.2, 0.25) is 0 Å². The quantitative estimate of drug-likeness (QED) is 0.802. The van der Waals surface area contributed by atoms with Crippen LogP contribution in [0.3, 0.4) is 0 Å². The predicted octanol–water partition coefficient (Wildman–Crippen LogP) is 2.92. The largest absolute Gasteiger partial charge is 0.493 e. The lowest BCUT2D eigenvalue weighted by Gasteiger charge is -2.15. The second-order valence-electron chi connectivity index (χ2n) is 4.87. The Morgan fingerprint density at radius 2 is 1.95 bits per heavy atom. The van der Waals surface area contributed by atoms with Crippen molar-refractivity contribution in [1.82, 2.24) is 5.32 Å². The molecule has 0 saturated carbocycles. The fourth-order valence-electron chi connectivity index (χ4n) is 2.00. The van der Waals surface area contributed by atoms with Crippen molar-refractivity contribution >= 4 is 11.6 Å². The third-order valence-corrected chi connectivity index (χ3v) is 3.13. The van der Waals surface area contributed by atoms with Gasteiger partial charge in [-0.2, -0.15) is 0 Å². The van der Waals surface area contributed by atoms with Gasteiger partial charge in [0.1, 0.15) is 5.75 Å². The van der Waals surface area contributed by atoms with Crippen LogP contribution >= 0.6 is 0 Å². The molecule has 0 bridgehead atoms. The van der Waals surface area contributed by atoms with Gasteiger partial charge in [0.2, 0.25) is 5.91 Å². The highest BCUT2D eigenvalue weighted by atomic mass is 16.5. The smallest absolute Gasteiger partial charge is 0.223 e. The lowest BCUT2D eigenvalue weighted by Crippen LogP contribution is -2.27. The number of carbonyl (C=O) groups excluding carboxylic acids is 1. The van der Waals surface area contributed by atoms with Gasteiger partial charge in [-0.15, -0.1) is 0 Å². The van der Waals surface area contributed by atoms with Crippen LogP contribution in [-0.2, 0) is 4.79 Å². The maximum absolute atomic E-state index is 11.9. The first-order valence-corrected chi connectivity index (χ1v) is 6.98. The third-order valence-electron chi connectivity index (χ3n) is 3.13. The fourth-order valence-corrected chi connectivity index (χ4v) is 2.00. The van der Waals surface area contributed by atoms with E-state index in [0.29, 0.717) is 18.7 Å². The molecule has 0 aliphatic carbocycles. The molecule has 1 unspecified atom stereocenters. The summed E-state index contributed by atoms with van der Waals surface area (Å²) in [4.78, 5) is 11.9. The molecule has 0 radical (unpaired) electrons. The van der Waals surface area contributed by atoms with Crippen LogP contribution in [0.15, 0.2) is 54.6 Å². The maximum atomic E-state index is 11.9. The number of nitrogens with two attached hydrogens (primary N) is 1. The summed E-state index contributed by atoms with van der Waals surface area (Å²) in [5.41, 5.74) is 7.43. The molecule has 2 rings (SSSR count). The monoisotopic (exact) mass is 284 g/mol. The summed E-state index contributed by atoms with van der Waals surface area (Å²) >= 11 is 0. The minimum atomic E-state index is -0.0716. The van der Waals surface area contributed by atoms with Gasteiger partial charge in [0.25, 0.3) is 0 Å². The van der Waals surface area contributed by atoms with Crippen LogP contribution in [0, 0.1) is 0 Å². The van der Waals surface area contributed by atoms with E-state index in [1.165, 1.54) is 0 Å². The van der Waals surface area contributed by atoms with Crippen molar-refractivity contribution in [1.29, 1.82) is 0 Å². The Morgan fingerprint density at radius 1 is 1.19 bits per heavy atom. The van der Waals surface area contributed by atoms with E-state index in [2.05, 4.69) is 5.32 Å². The van der Waals surface area contributed by atoms with Crippen molar-refractivity contribution in [2.45, 2.75) is 19.4 Å². The lowest BCUT2D eigenvalue weighted by atomic mass is 10.1. The van der Waals surface area contributed by atoms with Gasteiger partial charge in [0, 0.05) is 5.69 Å². The second-order valence-corrected chi connectivity index (χ2v) is 4.87. The molecule has 1 atom stereocenters. The van der Waals surface area contributed by atoms with Crippen molar-refractivity contribution in [3.05, 3.63) is 60.2 Å². The molecule has 0 fully saturated rings. The van der Waals surface area contributed by atoms with Gasteiger partial charge in [-0.25, -0.2) is 0 Å². The first-order chi connectivity index (χ1) is 10.1. The molecule has 3 N–H and O–H groups in total. The summed E-state index contributed by atoms with van der Waals surface area (Å²) in [7, 11) is 0. The molecule has 0 heterocycles. The van der Waals surface area contributed by atoms with Crippen LogP contribution in [0.4, 0.5) is 5.69 Å². The standard InChI is InChI=1S/C17H20N2O2/c1-13(14-6-5-7-15(18)12-14)19-17(20)10-11-21-16-8-3-2-4-9-16/h2-9,12-13H,10-11,18H2,1H3,(H,19,20). The van der Waals surface area contributed by atoms with E-state index in [1.54, 1.807) is 0 Å². The first kappa shape index (κ1) is 14.9. The molecule has 4 heteroatoms. The van der Waals surface area contributed by atoms with E-state index >= 15 is 0 Å². The molecular formula is C17H20N2O2. The fraction of sp³-hybridized carbons (Fsp3) is 0.235. The molecule has 1 amide bonds. The van der Waals surface area contributed by atoms with Crippen LogP contribution in [0.25, 0.3) is 0 Å². The number of nitrogen functional groups attached to an aromatic ring is 1. The number of ether oxygens (including phenoxy) is 1. The highest BCUT2D eigenvalue weighted by Crippen LogP contribution is 2.15. The summed E-state index contributed by atoms with van der Waals surface area (Å²) < 4.78 is 5.50. The molecule has 0 aliphatic rings. The molecule has 2 aromatic rings. The van der Waals surface area contributed by atoms with Crippen molar-refractivity contribution in [2.75, 3.05) is 12.3 Å². The van der Waals surface area contributed by atoms with E-state index in [0.717, 1.165) is 11.3 Å². The minimum absolute atomic E-state index is 0.0409. The van der Waals surface area contributed by atoms with Crippen molar-refractivity contribution < 1.29 is 9.53 Å². The number of anilines is 1. The van der Waals surface area contributed by atoms with Crippen LogP contribution in [0.5, 0.6) is 5.75 Å². The highest BCUT2D eigenvalue weighted by molar-refractivity contribution is 5.76. The molecule has 0 saturated heterocycles. The Hall–Kier alpha value is -2.49. The SMILES string of the molecule is CC(NC(=O)CCOc1ccccc1)c1cccc(N)c1. The predicted molar refractivity (Wildman–Crippen MR) is 84.0 cm³/mol. The minimum Gasteiger partial charge on any atom is -0.493 e. The van der Waals surface area contributed by atoms with E-state index in [9.17, 15) is 4.79 Å². The molecule has 110 valence electrons. The van der Waals surface area contributed by atoms with Gasteiger partial charge in [0.15, 0.2) is 0 Å². The molecule has 21 heavy (non-hydrogen) atoms. The Morgan fingerprint density at radius 3 is 2.67 bits per heavy atom. The summed E-state index contributed by atoms with van der Waals surface area (Å²) in [5, 5.41) is 2.94. The Bertz CT molecular complexity index is 584. The molecule has 0 aromatic heterocycles. The molecule has 0 spiro atoms. The number of nitrogens with one attached hydrogen (secondary N) is 1. The number of para-hydroxylation sites is 1. The second kappa shape index (κ2) is 7.33. The van der Waals surface area contributed by atoms with Crippen LogP contribution in [0.1, 0.15) is 24.9 Å². The molecular weight excluding hydrogens is 264 g/mol. The summed E-state index contributed by atoms with van der Waals surface area (Å²) in [6, 6.07) is 16.9. The maximum Gasteiger partial charge on any atom is 0.223 e. The average molecular weight is 284 g/mol. The summed E-state index contributed by atoms with van der Waals surface area (Å²) in [6.45, 7) is 2.30. The van der Waals surface area contributed by atoms with E-state index in [-0.39, 0.29) is 11.9 Å². The van der Waals surface area contributed by atoms with Gasteiger partial charge < -0.3 is 15.8 Å². The number of benzene rings is 2. The zero-order valence-corrected chi connectivity index (χ0v) is 12.1. The number of rotatable bonds is 6. The summed E-state index contributed by atoms with van der Waals surface area (Å²) in [6.07, 6.45) is 0.321. The van der Waals surface area contributed by atoms with Gasteiger partial charge in [0.05, 0.1) is 19.1 Å². The number of hydrogen-bond donors (Lipinski definition) is 2. The van der Waals surface area contributed by atoms with Crippen molar-refractivity contribution in [3.8, 4) is 5.75 Å². The Labute approximate surface area is 124 Å².